The second kappa shape index (κ2) is 10.4. The summed E-state index contributed by atoms with van der Waals surface area (Å²) in [5.74, 6) is 0.545. The lowest BCUT2D eigenvalue weighted by atomic mass is 10.1. The highest BCUT2D eigenvalue weighted by atomic mass is 16.5. The maximum absolute atomic E-state index is 12.2. The van der Waals surface area contributed by atoms with Crippen molar-refractivity contribution in [2.45, 2.75) is 6.92 Å². The molecule has 1 saturated heterocycles. The fourth-order valence-corrected chi connectivity index (χ4v) is 2.86. The van der Waals surface area contributed by atoms with Crippen molar-refractivity contribution >= 4 is 18.0 Å². The minimum atomic E-state index is -0.292. The predicted octanol–water partition coefficient (Wildman–Crippen LogP) is 2.01. The highest BCUT2D eigenvalue weighted by Gasteiger charge is 2.18. The molecular weight excluding hydrogens is 386 g/mol. The molecule has 2 aromatic rings. The lowest BCUT2D eigenvalue weighted by Gasteiger charge is -2.26. The van der Waals surface area contributed by atoms with E-state index >= 15 is 0 Å². The molecule has 1 aliphatic heterocycles. The van der Waals surface area contributed by atoms with Crippen LogP contribution in [0.2, 0.25) is 0 Å². The molecule has 1 heterocycles. The number of hydrogen-bond acceptors (Lipinski definition) is 6. The van der Waals surface area contributed by atoms with Crippen molar-refractivity contribution in [3.63, 3.8) is 0 Å². The van der Waals surface area contributed by atoms with E-state index in [0.29, 0.717) is 48.9 Å². The van der Waals surface area contributed by atoms with Crippen LogP contribution in [0, 0.1) is 6.92 Å². The Bertz CT molecular complexity index is 905. The van der Waals surface area contributed by atoms with Gasteiger partial charge in [0.2, 0.25) is 0 Å². The van der Waals surface area contributed by atoms with Crippen molar-refractivity contribution in [2.75, 3.05) is 40.0 Å². The fraction of sp³-hybridized carbons (Fsp3) is 0.318. The van der Waals surface area contributed by atoms with Gasteiger partial charge in [-0.25, -0.2) is 5.43 Å². The summed E-state index contributed by atoms with van der Waals surface area (Å²) in [6, 6.07) is 12.4. The molecule has 158 valence electrons. The van der Waals surface area contributed by atoms with E-state index in [1.165, 1.54) is 13.3 Å². The zero-order chi connectivity index (χ0) is 21.3. The van der Waals surface area contributed by atoms with Gasteiger partial charge in [-0.1, -0.05) is 17.7 Å². The number of hydrogen-bond donors (Lipinski definition) is 1. The van der Waals surface area contributed by atoms with Gasteiger partial charge in [-0.2, -0.15) is 5.10 Å². The predicted molar refractivity (Wildman–Crippen MR) is 112 cm³/mol. The van der Waals surface area contributed by atoms with E-state index in [4.69, 9.17) is 14.2 Å². The molecule has 0 saturated carbocycles. The van der Waals surface area contributed by atoms with Crippen LogP contribution in [0.15, 0.2) is 47.6 Å². The van der Waals surface area contributed by atoms with Crippen LogP contribution in [0.25, 0.3) is 0 Å². The van der Waals surface area contributed by atoms with Gasteiger partial charge in [0.25, 0.3) is 11.8 Å². The molecule has 30 heavy (non-hydrogen) atoms. The number of carbonyl (C=O) groups excluding carboxylic acids is 2. The lowest BCUT2D eigenvalue weighted by molar-refractivity contribution is -0.137. The van der Waals surface area contributed by atoms with Crippen molar-refractivity contribution in [1.29, 1.82) is 0 Å². The highest BCUT2D eigenvalue weighted by molar-refractivity contribution is 5.95. The van der Waals surface area contributed by atoms with Crippen LogP contribution in [0.1, 0.15) is 21.5 Å². The standard InChI is InChI=1S/C22H25N3O5/c1-16-3-6-18(7-4-16)22(27)24-23-14-17-5-8-19(20(13-17)28-2)30-15-21(26)25-9-11-29-12-10-25/h3-8,13-14H,9-12,15H2,1-2H3,(H,24,27)/b23-14+. The third-order valence-electron chi connectivity index (χ3n) is 4.60. The van der Waals surface area contributed by atoms with Gasteiger partial charge in [-0.3, -0.25) is 9.59 Å². The molecule has 3 rings (SSSR count). The van der Waals surface area contributed by atoms with Crippen molar-refractivity contribution in [2.24, 2.45) is 5.10 Å². The van der Waals surface area contributed by atoms with Crippen LogP contribution in [0.3, 0.4) is 0 Å². The van der Waals surface area contributed by atoms with E-state index in [9.17, 15) is 9.59 Å². The van der Waals surface area contributed by atoms with Gasteiger partial charge < -0.3 is 19.1 Å². The van der Waals surface area contributed by atoms with Gasteiger partial charge in [0.15, 0.2) is 18.1 Å². The summed E-state index contributed by atoms with van der Waals surface area (Å²) >= 11 is 0. The average Bonchev–Trinajstić information content (AvgIpc) is 2.78. The largest absolute Gasteiger partial charge is 0.493 e. The smallest absolute Gasteiger partial charge is 0.271 e. The maximum Gasteiger partial charge on any atom is 0.271 e. The first-order valence-electron chi connectivity index (χ1n) is 9.63. The molecule has 0 spiro atoms. The number of rotatable bonds is 7. The van der Waals surface area contributed by atoms with Gasteiger partial charge in [0.05, 0.1) is 26.5 Å². The highest BCUT2D eigenvalue weighted by Crippen LogP contribution is 2.27. The molecule has 2 aromatic carbocycles. The molecule has 0 atom stereocenters. The number of morpholine rings is 1. The van der Waals surface area contributed by atoms with Gasteiger partial charge in [0.1, 0.15) is 0 Å². The molecule has 0 aliphatic carbocycles. The summed E-state index contributed by atoms with van der Waals surface area (Å²) in [4.78, 5) is 26.0. The van der Waals surface area contributed by atoms with Crippen LogP contribution in [0.4, 0.5) is 0 Å². The topological polar surface area (TPSA) is 89.5 Å². The summed E-state index contributed by atoms with van der Waals surface area (Å²) < 4.78 is 16.2. The number of aryl methyl sites for hydroxylation is 1. The van der Waals surface area contributed by atoms with Crippen LogP contribution in [-0.4, -0.2) is 62.9 Å². The Morgan fingerprint density at radius 3 is 2.57 bits per heavy atom. The monoisotopic (exact) mass is 411 g/mol. The molecular formula is C22H25N3O5. The summed E-state index contributed by atoms with van der Waals surface area (Å²) in [6.07, 6.45) is 1.51. The molecule has 0 unspecified atom stereocenters. The van der Waals surface area contributed by atoms with E-state index in [1.54, 1.807) is 35.2 Å². The fourth-order valence-electron chi connectivity index (χ4n) is 2.86. The van der Waals surface area contributed by atoms with E-state index in [1.807, 2.05) is 19.1 Å². The van der Waals surface area contributed by atoms with Crippen LogP contribution < -0.4 is 14.9 Å². The number of nitrogens with zero attached hydrogens (tertiary/aromatic N) is 2. The third-order valence-corrected chi connectivity index (χ3v) is 4.60. The van der Waals surface area contributed by atoms with Crippen molar-refractivity contribution in [1.82, 2.24) is 10.3 Å². The Morgan fingerprint density at radius 1 is 1.13 bits per heavy atom. The average molecular weight is 411 g/mol. The van der Waals surface area contributed by atoms with Crippen molar-refractivity contribution in [3.8, 4) is 11.5 Å². The van der Waals surface area contributed by atoms with E-state index in [0.717, 1.165) is 5.56 Å². The Balaban J connectivity index is 1.56. The van der Waals surface area contributed by atoms with Crippen LogP contribution in [0.5, 0.6) is 11.5 Å². The molecule has 1 N–H and O–H groups in total. The normalized spacial score (nSPS) is 13.9. The molecule has 8 heteroatoms. The third kappa shape index (κ3) is 5.81. The van der Waals surface area contributed by atoms with Crippen LogP contribution in [-0.2, 0) is 9.53 Å². The second-order valence-corrected chi connectivity index (χ2v) is 6.76. The maximum atomic E-state index is 12.2. The molecule has 8 nitrogen and oxygen atoms in total. The van der Waals surface area contributed by atoms with E-state index < -0.39 is 0 Å². The summed E-state index contributed by atoms with van der Waals surface area (Å²) in [7, 11) is 1.52. The first kappa shape index (κ1) is 21.3. The first-order chi connectivity index (χ1) is 14.6. The van der Waals surface area contributed by atoms with E-state index in [-0.39, 0.29) is 18.4 Å². The molecule has 1 aliphatic rings. The van der Waals surface area contributed by atoms with Crippen molar-refractivity contribution in [3.05, 3.63) is 59.2 Å². The number of carbonyl (C=O) groups is 2. The lowest BCUT2D eigenvalue weighted by Crippen LogP contribution is -2.43. The number of hydrazone groups is 1. The first-order valence-corrected chi connectivity index (χ1v) is 9.63. The molecule has 0 radical (unpaired) electrons. The number of nitrogens with one attached hydrogen (secondary N) is 1. The Labute approximate surface area is 175 Å². The minimum absolute atomic E-state index is 0.0730. The van der Waals surface area contributed by atoms with Crippen molar-refractivity contribution < 1.29 is 23.8 Å². The minimum Gasteiger partial charge on any atom is -0.493 e. The van der Waals surface area contributed by atoms with Crippen LogP contribution >= 0.6 is 0 Å². The van der Waals surface area contributed by atoms with Gasteiger partial charge in [-0.15, -0.1) is 0 Å². The zero-order valence-electron chi connectivity index (χ0n) is 17.1. The van der Waals surface area contributed by atoms with E-state index in [2.05, 4.69) is 10.5 Å². The number of amides is 2. The number of benzene rings is 2. The molecule has 2 amide bonds. The molecule has 0 aromatic heterocycles. The number of ether oxygens (including phenoxy) is 3. The van der Waals surface area contributed by atoms with Gasteiger partial charge >= 0.3 is 0 Å². The summed E-state index contributed by atoms with van der Waals surface area (Å²) in [5, 5.41) is 3.99. The molecule has 0 bridgehead atoms. The summed E-state index contributed by atoms with van der Waals surface area (Å²) in [6.45, 7) is 4.12. The Morgan fingerprint density at radius 2 is 1.87 bits per heavy atom. The Kier molecular flexibility index (Phi) is 7.40. The SMILES string of the molecule is COc1cc(/C=N/NC(=O)c2ccc(C)cc2)ccc1OCC(=O)N1CCOCC1. The quantitative estimate of drug-likeness (QED) is 0.556. The van der Waals surface area contributed by atoms with Gasteiger partial charge in [0, 0.05) is 18.7 Å². The van der Waals surface area contributed by atoms with Gasteiger partial charge in [-0.05, 0) is 42.8 Å². The number of methoxy groups -OCH3 is 1. The molecule has 1 fully saturated rings. The summed E-state index contributed by atoms with van der Waals surface area (Å²) in [5.41, 5.74) is 4.82. The zero-order valence-corrected chi connectivity index (χ0v) is 17.1. The second-order valence-electron chi connectivity index (χ2n) is 6.76. The Hall–Kier alpha value is -3.39.